The Balaban J connectivity index is 1.81. The number of aromatic nitrogens is 2. The Morgan fingerprint density at radius 3 is 2.71 bits per heavy atom. The molecule has 1 fully saturated rings. The van der Waals surface area contributed by atoms with E-state index >= 15 is 0 Å². The molecule has 4 heteroatoms. The highest BCUT2D eigenvalue weighted by molar-refractivity contribution is 5.50. The molecule has 1 aliphatic carbocycles. The fraction of sp³-hybridized carbons (Fsp3) is 0.769. The first-order valence-corrected chi connectivity index (χ1v) is 6.91. The van der Waals surface area contributed by atoms with E-state index in [2.05, 4.69) is 15.1 Å². The van der Waals surface area contributed by atoms with E-state index in [1.54, 1.807) is 0 Å². The van der Waals surface area contributed by atoms with Crippen LogP contribution in [-0.2, 0) is 12.8 Å². The maximum atomic E-state index is 5.96. The van der Waals surface area contributed by atoms with Gasteiger partial charge in [0.25, 0.3) is 0 Å². The first kappa shape index (κ1) is 11.1. The molecule has 0 bridgehead atoms. The van der Waals surface area contributed by atoms with Crippen LogP contribution in [0.25, 0.3) is 0 Å². The highest BCUT2D eigenvalue weighted by atomic mass is 15.3. The molecule has 1 aromatic rings. The smallest absolute Gasteiger partial charge is 0.153 e. The second-order valence-corrected chi connectivity index (χ2v) is 5.39. The van der Waals surface area contributed by atoms with E-state index in [-0.39, 0.29) is 0 Å². The van der Waals surface area contributed by atoms with E-state index in [4.69, 9.17) is 5.73 Å². The van der Waals surface area contributed by atoms with Crippen molar-refractivity contribution >= 4 is 5.82 Å². The summed E-state index contributed by atoms with van der Waals surface area (Å²) in [6.45, 7) is 2.14. The molecule has 2 heterocycles. The van der Waals surface area contributed by atoms with Crippen molar-refractivity contribution in [3.63, 3.8) is 0 Å². The maximum absolute atomic E-state index is 5.96. The van der Waals surface area contributed by atoms with Gasteiger partial charge in [-0.2, -0.15) is 5.10 Å². The summed E-state index contributed by atoms with van der Waals surface area (Å²) in [5.74, 6) is 1.22. The van der Waals surface area contributed by atoms with Gasteiger partial charge in [0, 0.05) is 30.4 Å². The number of aromatic amines is 1. The Morgan fingerprint density at radius 2 is 1.88 bits per heavy atom. The van der Waals surface area contributed by atoms with E-state index in [0.29, 0.717) is 6.04 Å². The van der Waals surface area contributed by atoms with E-state index in [1.165, 1.54) is 49.2 Å². The van der Waals surface area contributed by atoms with Gasteiger partial charge in [0.1, 0.15) is 0 Å². The van der Waals surface area contributed by atoms with Crippen LogP contribution >= 0.6 is 0 Å². The Hall–Kier alpha value is -1.03. The Kier molecular flexibility index (Phi) is 3.05. The molecule has 1 aliphatic heterocycles. The SMILES string of the molecule is NC1CCN(c2n[nH]c3c2CCCCC3)CC1. The molecule has 0 unspecified atom stereocenters. The predicted molar refractivity (Wildman–Crippen MR) is 69.3 cm³/mol. The Morgan fingerprint density at radius 1 is 1.12 bits per heavy atom. The number of piperidine rings is 1. The number of nitrogens with one attached hydrogen (secondary N) is 1. The lowest BCUT2D eigenvalue weighted by Gasteiger charge is -2.31. The lowest BCUT2D eigenvalue weighted by molar-refractivity contribution is 0.497. The monoisotopic (exact) mass is 234 g/mol. The summed E-state index contributed by atoms with van der Waals surface area (Å²) >= 11 is 0. The first-order chi connectivity index (χ1) is 8.34. The van der Waals surface area contributed by atoms with Crippen LogP contribution < -0.4 is 10.6 Å². The third-order valence-corrected chi connectivity index (χ3v) is 4.12. The van der Waals surface area contributed by atoms with Gasteiger partial charge in [-0.15, -0.1) is 0 Å². The number of aryl methyl sites for hydroxylation is 1. The summed E-state index contributed by atoms with van der Waals surface area (Å²) in [5, 5.41) is 7.80. The summed E-state index contributed by atoms with van der Waals surface area (Å²) in [6, 6.07) is 0.392. The summed E-state index contributed by atoms with van der Waals surface area (Å²) in [6.07, 6.45) is 8.54. The van der Waals surface area contributed by atoms with Crippen molar-refractivity contribution < 1.29 is 0 Å². The first-order valence-electron chi connectivity index (χ1n) is 6.91. The van der Waals surface area contributed by atoms with Gasteiger partial charge < -0.3 is 10.6 Å². The number of H-pyrrole nitrogens is 1. The Labute approximate surface area is 103 Å². The van der Waals surface area contributed by atoms with Crippen molar-refractivity contribution in [3.8, 4) is 0 Å². The van der Waals surface area contributed by atoms with Crippen molar-refractivity contribution in [3.05, 3.63) is 11.3 Å². The number of fused-ring (bicyclic) bond motifs is 1. The molecule has 17 heavy (non-hydrogen) atoms. The van der Waals surface area contributed by atoms with Crippen LogP contribution in [-0.4, -0.2) is 29.3 Å². The standard InChI is InChI=1S/C13H22N4/c14-10-6-8-17(9-7-10)13-11-4-2-1-3-5-12(11)15-16-13/h10H,1-9,14H2,(H,15,16). The highest BCUT2D eigenvalue weighted by Crippen LogP contribution is 2.28. The molecule has 1 aromatic heterocycles. The molecular weight excluding hydrogens is 212 g/mol. The van der Waals surface area contributed by atoms with Crippen molar-refractivity contribution in [2.45, 2.75) is 51.0 Å². The van der Waals surface area contributed by atoms with Crippen LogP contribution in [0.3, 0.4) is 0 Å². The van der Waals surface area contributed by atoms with Gasteiger partial charge in [-0.1, -0.05) is 6.42 Å². The number of hydrogen-bond donors (Lipinski definition) is 2. The lowest BCUT2D eigenvalue weighted by atomic mass is 10.0. The molecule has 0 atom stereocenters. The number of anilines is 1. The van der Waals surface area contributed by atoms with Gasteiger partial charge in [0.2, 0.25) is 0 Å². The summed E-state index contributed by atoms with van der Waals surface area (Å²) in [4.78, 5) is 2.42. The fourth-order valence-corrected chi connectivity index (χ4v) is 3.01. The van der Waals surface area contributed by atoms with Crippen LogP contribution in [0, 0.1) is 0 Å². The largest absolute Gasteiger partial charge is 0.355 e. The molecule has 3 N–H and O–H groups in total. The molecular formula is C13H22N4. The molecule has 94 valence electrons. The van der Waals surface area contributed by atoms with E-state index in [0.717, 1.165) is 25.9 Å². The fourth-order valence-electron chi connectivity index (χ4n) is 3.01. The molecule has 1 saturated heterocycles. The second-order valence-electron chi connectivity index (χ2n) is 5.39. The van der Waals surface area contributed by atoms with Crippen LogP contribution in [0.4, 0.5) is 5.82 Å². The number of hydrogen-bond acceptors (Lipinski definition) is 3. The normalized spacial score (nSPS) is 22.3. The zero-order valence-electron chi connectivity index (χ0n) is 10.4. The topological polar surface area (TPSA) is 57.9 Å². The summed E-state index contributed by atoms with van der Waals surface area (Å²) in [5.41, 5.74) is 8.82. The molecule has 4 nitrogen and oxygen atoms in total. The summed E-state index contributed by atoms with van der Waals surface area (Å²) in [7, 11) is 0. The Bertz CT molecular complexity index is 377. The zero-order chi connectivity index (χ0) is 11.7. The molecule has 2 aliphatic rings. The molecule has 0 saturated carbocycles. The van der Waals surface area contributed by atoms with E-state index < -0.39 is 0 Å². The van der Waals surface area contributed by atoms with Crippen molar-refractivity contribution in [1.82, 2.24) is 10.2 Å². The molecule has 3 rings (SSSR count). The van der Waals surface area contributed by atoms with Crippen LogP contribution in [0.1, 0.15) is 43.4 Å². The van der Waals surface area contributed by atoms with Gasteiger partial charge >= 0.3 is 0 Å². The lowest BCUT2D eigenvalue weighted by Crippen LogP contribution is -2.40. The van der Waals surface area contributed by atoms with Crippen molar-refractivity contribution in [2.75, 3.05) is 18.0 Å². The van der Waals surface area contributed by atoms with Gasteiger partial charge in [-0.3, -0.25) is 5.10 Å². The number of nitrogens with two attached hydrogens (primary N) is 1. The third-order valence-electron chi connectivity index (χ3n) is 4.12. The molecule has 0 amide bonds. The van der Waals surface area contributed by atoms with Gasteiger partial charge in [-0.05, 0) is 38.5 Å². The van der Waals surface area contributed by atoms with Gasteiger partial charge in [0.15, 0.2) is 5.82 Å². The van der Waals surface area contributed by atoms with Crippen LogP contribution in [0.5, 0.6) is 0 Å². The molecule has 0 spiro atoms. The average molecular weight is 234 g/mol. The number of rotatable bonds is 1. The van der Waals surface area contributed by atoms with E-state index in [1.807, 2.05) is 0 Å². The minimum atomic E-state index is 0.392. The second kappa shape index (κ2) is 4.69. The number of nitrogens with zero attached hydrogens (tertiary/aromatic N) is 2. The van der Waals surface area contributed by atoms with Crippen molar-refractivity contribution in [2.24, 2.45) is 5.73 Å². The quantitative estimate of drug-likeness (QED) is 0.726. The zero-order valence-corrected chi connectivity index (χ0v) is 10.4. The van der Waals surface area contributed by atoms with Gasteiger partial charge in [-0.25, -0.2) is 0 Å². The maximum Gasteiger partial charge on any atom is 0.153 e. The predicted octanol–water partition coefficient (Wildman–Crippen LogP) is 1.61. The summed E-state index contributed by atoms with van der Waals surface area (Å²) < 4.78 is 0. The van der Waals surface area contributed by atoms with Crippen LogP contribution in [0.2, 0.25) is 0 Å². The van der Waals surface area contributed by atoms with E-state index in [9.17, 15) is 0 Å². The minimum absolute atomic E-state index is 0.392. The van der Waals surface area contributed by atoms with Gasteiger partial charge in [0.05, 0.1) is 0 Å². The van der Waals surface area contributed by atoms with Crippen LogP contribution in [0.15, 0.2) is 0 Å². The minimum Gasteiger partial charge on any atom is -0.355 e. The molecule has 0 radical (unpaired) electrons. The highest BCUT2D eigenvalue weighted by Gasteiger charge is 2.23. The average Bonchev–Trinajstić information content (AvgIpc) is 2.60. The molecule has 0 aromatic carbocycles. The van der Waals surface area contributed by atoms with Crippen molar-refractivity contribution in [1.29, 1.82) is 0 Å². The third kappa shape index (κ3) is 2.18.